The van der Waals surface area contributed by atoms with E-state index in [1.54, 1.807) is 23.9 Å². The van der Waals surface area contributed by atoms with Crippen LogP contribution in [0.3, 0.4) is 0 Å². The lowest BCUT2D eigenvalue weighted by molar-refractivity contribution is 0.605. The Bertz CT molecular complexity index is 704. The van der Waals surface area contributed by atoms with Gasteiger partial charge in [0.25, 0.3) is 0 Å². The number of hydrogen-bond donors (Lipinski definition) is 2. The zero-order valence-corrected chi connectivity index (χ0v) is 13.4. The number of rotatable bonds is 5. The van der Waals surface area contributed by atoms with Crippen molar-refractivity contribution in [3.8, 4) is 0 Å². The van der Waals surface area contributed by atoms with Crippen LogP contribution >= 0.6 is 0 Å². The number of aliphatic imine (C=N–C) groups is 1. The maximum atomic E-state index is 13.4. The van der Waals surface area contributed by atoms with Crippen LogP contribution in [0.2, 0.25) is 0 Å². The molecule has 6 nitrogen and oxygen atoms in total. The fourth-order valence-corrected chi connectivity index (χ4v) is 2.65. The smallest absolute Gasteiger partial charge is 0.191 e. The van der Waals surface area contributed by atoms with Crippen molar-refractivity contribution in [2.24, 2.45) is 12.0 Å². The molecule has 0 spiro atoms. The molecule has 7 heteroatoms. The van der Waals surface area contributed by atoms with E-state index in [1.165, 1.54) is 12.4 Å². The second-order valence-electron chi connectivity index (χ2n) is 5.87. The number of halogens is 1. The topological polar surface area (TPSA) is 67.1 Å². The molecule has 0 unspecified atom stereocenters. The van der Waals surface area contributed by atoms with Gasteiger partial charge in [-0.2, -0.15) is 5.10 Å². The molecule has 2 aromatic rings. The van der Waals surface area contributed by atoms with Crippen LogP contribution in [0.15, 0.2) is 35.6 Å². The van der Waals surface area contributed by atoms with E-state index in [2.05, 4.69) is 25.7 Å². The Morgan fingerprint density at radius 2 is 2.22 bits per heavy atom. The second-order valence-corrected chi connectivity index (χ2v) is 5.87. The zero-order chi connectivity index (χ0) is 16.3. The van der Waals surface area contributed by atoms with Gasteiger partial charge in [-0.1, -0.05) is 12.1 Å². The Morgan fingerprint density at radius 3 is 2.83 bits per heavy atom. The van der Waals surface area contributed by atoms with Gasteiger partial charge < -0.3 is 10.6 Å². The number of aromatic nitrogens is 3. The predicted molar refractivity (Wildman–Crippen MR) is 86.5 cm³/mol. The van der Waals surface area contributed by atoms with Gasteiger partial charge in [0.05, 0.1) is 6.54 Å². The molecule has 122 valence electrons. The third kappa shape index (κ3) is 3.49. The standard InChI is InChI=1S/C16H21FN6/c1-18-15(19-9-14-21-11-22-23(14)2)20-10-16(6-7-16)12-4-3-5-13(17)8-12/h3-5,8,11H,6-7,9-10H2,1-2H3,(H2,18,19,20). The second kappa shape index (κ2) is 6.36. The minimum absolute atomic E-state index is 0.0184. The van der Waals surface area contributed by atoms with Crippen molar-refractivity contribution in [3.05, 3.63) is 47.8 Å². The molecule has 1 aromatic heterocycles. The van der Waals surface area contributed by atoms with Crippen molar-refractivity contribution in [2.45, 2.75) is 24.8 Å². The van der Waals surface area contributed by atoms with Crippen LogP contribution < -0.4 is 10.6 Å². The van der Waals surface area contributed by atoms with Gasteiger partial charge in [-0.05, 0) is 30.5 Å². The summed E-state index contributed by atoms with van der Waals surface area (Å²) in [5.41, 5.74) is 1.07. The molecular formula is C16H21FN6. The molecule has 1 heterocycles. The van der Waals surface area contributed by atoms with Crippen molar-refractivity contribution in [3.63, 3.8) is 0 Å². The average Bonchev–Trinajstić information content (AvgIpc) is 3.24. The highest BCUT2D eigenvalue weighted by atomic mass is 19.1. The van der Waals surface area contributed by atoms with Crippen LogP contribution in [-0.2, 0) is 19.0 Å². The highest BCUT2D eigenvalue weighted by Gasteiger charge is 2.44. The van der Waals surface area contributed by atoms with E-state index >= 15 is 0 Å². The summed E-state index contributed by atoms with van der Waals surface area (Å²) < 4.78 is 15.2. The van der Waals surface area contributed by atoms with E-state index in [0.29, 0.717) is 12.5 Å². The molecule has 1 aliphatic rings. The third-order valence-corrected chi connectivity index (χ3v) is 4.33. The summed E-state index contributed by atoms with van der Waals surface area (Å²) in [5, 5.41) is 10.6. The first kappa shape index (κ1) is 15.5. The number of guanidine groups is 1. The van der Waals surface area contributed by atoms with Crippen LogP contribution in [0.4, 0.5) is 4.39 Å². The van der Waals surface area contributed by atoms with E-state index in [4.69, 9.17) is 0 Å². The van der Waals surface area contributed by atoms with E-state index in [1.807, 2.05) is 13.1 Å². The predicted octanol–water partition coefficient (Wildman–Crippen LogP) is 1.35. The molecule has 0 atom stereocenters. The number of nitrogens with one attached hydrogen (secondary N) is 2. The van der Waals surface area contributed by atoms with Gasteiger partial charge in [0.15, 0.2) is 5.96 Å². The van der Waals surface area contributed by atoms with Crippen molar-refractivity contribution in [1.82, 2.24) is 25.4 Å². The Morgan fingerprint density at radius 1 is 1.39 bits per heavy atom. The van der Waals surface area contributed by atoms with Crippen LogP contribution in [-0.4, -0.2) is 34.3 Å². The molecule has 1 fully saturated rings. The highest BCUT2D eigenvalue weighted by molar-refractivity contribution is 5.79. The molecule has 0 aliphatic heterocycles. The molecular weight excluding hydrogens is 295 g/mol. The van der Waals surface area contributed by atoms with Gasteiger partial charge in [-0.15, -0.1) is 0 Å². The molecule has 0 saturated heterocycles. The quantitative estimate of drug-likeness (QED) is 0.645. The molecule has 0 amide bonds. The minimum Gasteiger partial charge on any atom is -0.356 e. The van der Waals surface area contributed by atoms with E-state index in [-0.39, 0.29) is 11.2 Å². The minimum atomic E-state index is -0.182. The lowest BCUT2D eigenvalue weighted by atomic mass is 9.96. The van der Waals surface area contributed by atoms with Crippen LogP contribution in [0.1, 0.15) is 24.2 Å². The summed E-state index contributed by atoms with van der Waals surface area (Å²) in [5.74, 6) is 1.36. The largest absolute Gasteiger partial charge is 0.356 e. The van der Waals surface area contributed by atoms with Gasteiger partial charge in [-0.3, -0.25) is 9.67 Å². The Kier molecular flexibility index (Phi) is 4.27. The maximum Gasteiger partial charge on any atom is 0.191 e. The summed E-state index contributed by atoms with van der Waals surface area (Å²) in [6, 6.07) is 6.87. The van der Waals surface area contributed by atoms with Crippen LogP contribution in [0.5, 0.6) is 0 Å². The van der Waals surface area contributed by atoms with Crippen molar-refractivity contribution in [2.75, 3.05) is 13.6 Å². The lowest BCUT2D eigenvalue weighted by Gasteiger charge is -2.19. The van der Waals surface area contributed by atoms with Gasteiger partial charge >= 0.3 is 0 Å². The van der Waals surface area contributed by atoms with Gasteiger partial charge in [0, 0.05) is 26.1 Å². The van der Waals surface area contributed by atoms with Crippen molar-refractivity contribution < 1.29 is 4.39 Å². The molecule has 1 saturated carbocycles. The highest BCUT2D eigenvalue weighted by Crippen LogP contribution is 2.47. The zero-order valence-electron chi connectivity index (χ0n) is 13.4. The first-order valence-electron chi connectivity index (χ1n) is 7.66. The maximum absolute atomic E-state index is 13.4. The van der Waals surface area contributed by atoms with Gasteiger partial charge in [-0.25, -0.2) is 9.37 Å². The summed E-state index contributed by atoms with van der Waals surface area (Å²) in [7, 11) is 3.58. The van der Waals surface area contributed by atoms with Crippen LogP contribution in [0.25, 0.3) is 0 Å². The molecule has 2 N–H and O–H groups in total. The lowest BCUT2D eigenvalue weighted by Crippen LogP contribution is -2.41. The first-order chi connectivity index (χ1) is 11.1. The normalized spacial score (nSPS) is 16.2. The average molecular weight is 316 g/mol. The fraction of sp³-hybridized carbons (Fsp3) is 0.438. The monoisotopic (exact) mass is 316 g/mol. The Balaban J connectivity index is 1.57. The molecule has 1 aromatic carbocycles. The molecule has 3 rings (SSSR count). The summed E-state index contributed by atoms with van der Waals surface area (Å²) in [4.78, 5) is 8.39. The first-order valence-corrected chi connectivity index (χ1v) is 7.66. The Labute approximate surface area is 134 Å². The van der Waals surface area contributed by atoms with Crippen LogP contribution in [0, 0.1) is 5.82 Å². The summed E-state index contributed by atoms with van der Waals surface area (Å²) in [6.45, 7) is 1.28. The van der Waals surface area contributed by atoms with E-state index < -0.39 is 0 Å². The van der Waals surface area contributed by atoms with Crippen molar-refractivity contribution in [1.29, 1.82) is 0 Å². The van der Waals surface area contributed by atoms with Gasteiger partial charge in [0.1, 0.15) is 18.0 Å². The molecule has 0 radical (unpaired) electrons. The van der Waals surface area contributed by atoms with E-state index in [9.17, 15) is 4.39 Å². The molecule has 0 bridgehead atoms. The number of nitrogens with zero attached hydrogens (tertiary/aromatic N) is 4. The fourth-order valence-electron chi connectivity index (χ4n) is 2.65. The molecule has 1 aliphatic carbocycles. The van der Waals surface area contributed by atoms with E-state index in [0.717, 1.165) is 30.8 Å². The van der Waals surface area contributed by atoms with Crippen molar-refractivity contribution >= 4 is 5.96 Å². The van der Waals surface area contributed by atoms with Gasteiger partial charge in [0.2, 0.25) is 0 Å². The summed E-state index contributed by atoms with van der Waals surface area (Å²) >= 11 is 0. The third-order valence-electron chi connectivity index (χ3n) is 4.33. The Hall–Kier alpha value is -2.44. The SMILES string of the molecule is CN=C(NCc1ncnn1C)NCC1(c2cccc(F)c2)CC1. The number of aryl methyl sites for hydroxylation is 1. The number of benzene rings is 1. The molecule has 23 heavy (non-hydrogen) atoms. The summed E-state index contributed by atoms with van der Waals surface area (Å²) in [6.07, 6.45) is 3.64. The number of hydrogen-bond acceptors (Lipinski definition) is 3.